The first kappa shape index (κ1) is 44.5. The molecule has 4 heterocycles. The van der Waals surface area contributed by atoms with Crippen LogP contribution in [-0.2, 0) is 33.2 Å². The van der Waals surface area contributed by atoms with E-state index >= 15 is 0 Å². The average molecular weight is 795 g/mol. The van der Waals surface area contributed by atoms with Gasteiger partial charge in [0, 0.05) is 38.6 Å². The van der Waals surface area contributed by atoms with Crippen molar-refractivity contribution in [3.8, 4) is 0 Å². The molecule has 55 heavy (non-hydrogen) atoms. The van der Waals surface area contributed by atoms with Gasteiger partial charge in [0.15, 0.2) is 18.9 Å². The largest absolute Gasteiger partial charge is 0.394 e. The Morgan fingerprint density at radius 2 is 1.55 bits per heavy atom. The highest BCUT2D eigenvalue weighted by atomic mass is 16.8. The van der Waals surface area contributed by atoms with Gasteiger partial charge < -0.3 is 98.4 Å². The fraction of sp³-hybridized carbons (Fsp3) is 0.909. The third-order valence-corrected chi connectivity index (χ3v) is 11.0. The summed E-state index contributed by atoms with van der Waals surface area (Å²) in [5.41, 5.74) is 29.4. The molecular weight excluding hydrogens is 732 g/mol. The summed E-state index contributed by atoms with van der Waals surface area (Å²) in [6, 6.07) is -2.95. The summed E-state index contributed by atoms with van der Waals surface area (Å²) >= 11 is 0. The second-order valence-electron chi connectivity index (χ2n) is 15.1. The predicted octanol–water partition coefficient (Wildman–Crippen LogP) is -7.46. The van der Waals surface area contributed by atoms with E-state index in [9.17, 15) is 40.6 Å². The Bertz CT molecular complexity index is 1240. The third kappa shape index (κ3) is 10.7. The third-order valence-electron chi connectivity index (χ3n) is 11.0. The van der Waals surface area contributed by atoms with Crippen molar-refractivity contribution >= 4 is 5.91 Å². The van der Waals surface area contributed by atoms with Crippen molar-refractivity contribution < 1.29 is 69.1 Å². The lowest BCUT2D eigenvalue weighted by molar-refractivity contribution is -0.286. The van der Waals surface area contributed by atoms with Crippen molar-refractivity contribution in [1.82, 2.24) is 15.7 Å². The van der Waals surface area contributed by atoms with E-state index in [0.29, 0.717) is 44.1 Å². The van der Waals surface area contributed by atoms with E-state index in [4.69, 9.17) is 57.1 Å². The Hall–Kier alpha value is -1.59. The van der Waals surface area contributed by atoms with Crippen LogP contribution in [0.4, 0.5) is 0 Å². The lowest BCUT2D eigenvalue weighted by atomic mass is 9.77. The molecule has 1 amide bonds. The van der Waals surface area contributed by atoms with Crippen molar-refractivity contribution in [2.75, 3.05) is 52.4 Å². The molecule has 4 fully saturated rings. The molecule has 22 nitrogen and oxygen atoms in total. The number of aliphatic hydroxyl groups excluding tert-OH is 5. The van der Waals surface area contributed by atoms with Gasteiger partial charge in [-0.2, -0.15) is 0 Å². The molecule has 0 aromatic rings. The van der Waals surface area contributed by atoms with Crippen LogP contribution in [0, 0.1) is 5.92 Å². The topological polar surface area (TPSA) is 371 Å². The van der Waals surface area contributed by atoms with Crippen molar-refractivity contribution in [3.05, 3.63) is 12.2 Å². The molecule has 0 aromatic carbocycles. The molecule has 4 aliphatic heterocycles. The number of rotatable bonds is 16. The van der Waals surface area contributed by atoms with Gasteiger partial charge in [-0.15, -0.1) is 0 Å². The number of nitrogens with two attached hydrogens (primary N) is 5. The highest BCUT2D eigenvalue weighted by Gasteiger charge is 2.54. The highest BCUT2D eigenvalue weighted by Crippen LogP contribution is 2.37. The summed E-state index contributed by atoms with van der Waals surface area (Å²) in [5.74, 6) is -1.59. The van der Waals surface area contributed by atoms with Crippen molar-refractivity contribution in [2.24, 2.45) is 34.6 Å². The zero-order valence-corrected chi connectivity index (χ0v) is 30.8. The molecule has 5 aliphatic rings. The normalized spacial score (nSPS) is 43.4. The first-order valence-corrected chi connectivity index (χ1v) is 18.9. The molecule has 318 valence electrons. The number of hydroxylamine groups is 2. The summed E-state index contributed by atoms with van der Waals surface area (Å²) in [4.78, 5) is 12.8. The number of ether oxygens (including phenoxy) is 6. The van der Waals surface area contributed by atoms with E-state index in [1.807, 2.05) is 0 Å². The predicted molar refractivity (Wildman–Crippen MR) is 189 cm³/mol. The van der Waals surface area contributed by atoms with Gasteiger partial charge in [-0.1, -0.05) is 12.2 Å². The molecule has 0 bridgehead atoms. The van der Waals surface area contributed by atoms with Crippen molar-refractivity contribution in [2.45, 2.75) is 129 Å². The molecule has 0 spiro atoms. The van der Waals surface area contributed by atoms with E-state index in [-0.39, 0.29) is 32.5 Å². The van der Waals surface area contributed by atoms with Crippen LogP contribution in [0.25, 0.3) is 0 Å². The molecule has 1 saturated carbocycles. The van der Waals surface area contributed by atoms with Gasteiger partial charge in [0.2, 0.25) is 5.91 Å². The van der Waals surface area contributed by atoms with Crippen LogP contribution in [0.5, 0.6) is 0 Å². The summed E-state index contributed by atoms with van der Waals surface area (Å²) in [6.07, 6.45) is -12.4. The van der Waals surface area contributed by atoms with Gasteiger partial charge in [-0.3, -0.25) is 10.0 Å². The van der Waals surface area contributed by atoms with Crippen LogP contribution in [0.2, 0.25) is 0 Å². The number of hydrogen-bond acceptors (Lipinski definition) is 21. The molecule has 0 radical (unpaired) electrons. The number of nitrogens with zero attached hydrogens (tertiary/aromatic N) is 1. The Labute approximate surface area is 319 Å². The molecule has 0 unspecified atom stereocenters. The summed E-state index contributed by atoms with van der Waals surface area (Å²) < 4.78 is 36.2. The molecule has 1 aliphatic carbocycles. The fourth-order valence-electron chi connectivity index (χ4n) is 7.72. The van der Waals surface area contributed by atoms with E-state index < -0.39 is 122 Å². The standard InChI is InChI=1S/C33H62N8O14/c34-5-8-41(49)21(43)10-15-9-18(37)27(53-30-17(36)2-1-16(50-30)12-40-14-33(48)3-6-39-7-4-33)29(23(15)44)55-32-26(47)28(20(13-42)52-32)54-31-22(38)25(46)24(45)19(11-35)51-31/h1-2,15-20,22-32,39-40,42,44-49H,3-14,34-38H2/t15-,16-,17+,18-,19-,20+,22+,23-,24+,25+,26+,27+,28+,29+,30+,31+,32-/m0/s1. The van der Waals surface area contributed by atoms with Gasteiger partial charge >= 0.3 is 0 Å². The Morgan fingerprint density at radius 1 is 0.873 bits per heavy atom. The summed E-state index contributed by atoms with van der Waals surface area (Å²) in [6.45, 7) is 1.10. The molecule has 5 rings (SSSR count). The smallest absolute Gasteiger partial charge is 0.246 e. The van der Waals surface area contributed by atoms with E-state index in [1.54, 1.807) is 12.2 Å². The Morgan fingerprint density at radius 3 is 2.22 bits per heavy atom. The number of carbonyl (C=O) groups excluding carboxylic acids is 1. The number of hydrogen-bond donors (Lipinski definition) is 14. The minimum atomic E-state index is -1.65. The van der Waals surface area contributed by atoms with Crippen LogP contribution in [-0.4, -0.2) is 203 Å². The van der Waals surface area contributed by atoms with Gasteiger partial charge in [0.1, 0.15) is 48.8 Å². The SMILES string of the molecule is NCCN(O)C(=O)C[C@@H]1C[C@H](N)[C@@H](O[C@H]2O[C@H](CNCC3(O)CCNCC3)C=C[C@H]2N)[C@H](O[C@@H]2O[C@H](CO)[C@@H](O[C@H]3O[C@@H](CN)[C@@H](O)[C@H](O)[C@H]3N)[C@H]2O)[C@H]1O. The molecule has 0 aromatic heterocycles. The van der Waals surface area contributed by atoms with Crippen LogP contribution in [0.15, 0.2) is 12.2 Å². The lowest BCUT2D eigenvalue weighted by Crippen LogP contribution is -2.64. The van der Waals surface area contributed by atoms with Gasteiger partial charge in [-0.05, 0) is 38.3 Å². The number of amides is 1. The molecular formula is C33H62N8O14. The Kier molecular flexibility index (Phi) is 16.1. The first-order chi connectivity index (χ1) is 26.2. The van der Waals surface area contributed by atoms with E-state index in [2.05, 4.69) is 10.6 Å². The number of aliphatic hydroxyl groups is 6. The maximum Gasteiger partial charge on any atom is 0.246 e. The number of nitrogens with one attached hydrogen (secondary N) is 2. The minimum absolute atomic E-state index is 0.00301. The summed E-state index contributed by atoms with van der Waals surface area (Å²) in [5, 5.41) is 82.0. The lowest BCUT2D eigenvalue weighted by Gasteiger charge is -2.46. The molecule has 22 heteroatoms. The van der Waals surface area contributed by atoms with Crippen LogP contribution in [0.3, 0.4) is 0 Å². The zero-order valence-electron chi connectivity index (χ0n) is 30.8. The average Bonchev–Trinajstić information content (AvgIpc) is 3.46. The van der Waals surface area contributed by atoms with Crippen LogP contribution >= 0.6 is 0 Å². The number of piperidine rings is 1. The van der Waals surface area contributed by atoms with Crippen LogP contribution in [0.1, 0.15) is 25.7 Å². The number of carbonyl (C=O) groups is 1. The summed E-state index contributed by atoms with van der Waals surface area (Å²) in [7, 11) is 0. The van der Waals surface area contributed by atoms with Crippen molar-refractivity contribution in [1.29, 1.82) is 0 Å². The molecule has 17 atom stereocenters. The second-order valence-corrected chi connectivity index (χ2v) is 15.1. The maximum absolute atomic E-state index is 12.8. The minimum Gasteiger partial charge on any atom is -0.394 e. The van der Waals surface area contributed by atoms with Crippen LogP contribution < -0.4 is 39.3 Å². The van der Waals surface area contributed by atoms with E-state index in [0.717, 1.165) is 0 Å². The van der Waals surface area contributed by atoms with E-state index in [1.165, 1.54) is 0 Å². The Balaban J connectivity index is 1.31. The monoisotopic (exact) mass is 794 g/mol. The van der Waals surface area contributed by atoms with Gasteiger partial charge in [0.05, 0.1) is 43.0 Å². The molecule has 19 N–H and O–H groups in total. The quantitative estimate of drug-likeness (QED) is 0.0392. The highest BCUT2D eigenvalue weighted by molar-refractivity contribution is 5.75. The van der Waals surface area contributed by atoms with Crippen molar-refractivity contribution in [3.63, 3.8) is 0 Å². The first-order valence-electron chi connectivity index (χ1n) is 18.9. The maximum atomic E-state index is 12.8. The second kappa shape index (κ2) is 19.9. The fourth-order valence-corrected chi connectivity index (χ4v) is 7.72. The zero-order chi connectivity index (χ0) is 40.0. The van der Waals surface area contributed by atoms with Gasteiger partial charge in [-0.25, -0.2) is 5.06 Å². The van der Waals surface area contributed by atoms with Gasteiger partial charge in [0.25, 0.3) is 0 Å². The molecule has 3 saturated heterocycles.